The zero-order valence-corrected chi connectivity index (χ0v) is 16.6. The summed E-state index contributed by atoms with van der Waals surface area (Å²) >= 11 is 0. The molecule has 1 unspecified atom stereocenters. The lowest BCUT2D eigenvalue weighted by molar-refractivity contribution is -0.383. The monoisotopic (exact) mass is 409 g/mol. The second-order valence-electron chi connectivity index (χ2n) is 7.40. The van der Waals surface area contributed by atoms with E-state index < -0.39 is 10.5 Å². The van der Waals surface area contributed by atoms with Crippen LogP contribution in [0.2, 0.25) is 0 Å². The molecule has 1 atom stereocenters. The molecular formula is C20H23N7O3. The number of nitro groups is 1. The fraction of sp³-hybridized carbons (Fsp3) is 0.350. The van der Waals surface area contributed by atoms with Crippen LogP contribution >= 0.6 is 0 Å². The molecule has 2 aromatic heterocycles. The Hall–Kier alpha value is -3.53. The summed E-state index contributed by atoms with van der Waals surface area (Å²) in [6.45, 7) is 6.27. The lowest BCUT2D eigenvalue weighted by Crippen LogP contribution is -2.49. The first-order chi connectivity index (χ1) is 14.5. The number of anilines is 2. The van der Waals surface area contributed by atoms with Crippen LogP contribution in [0.15, 0.2) is 47.7 Å². The number of hydrogen-bond acceptors (Lipinski definition) is 8. The third-order valence-corrected chi connectivity index (χ3v) is 5.23. The zero-order chi connectivity index (χ0) is 21.1. The van der Waals surface area contributed by atoms with Crippen LogP contribution < -0.4 is 15.8 Å². The van der Waals surface area contributed by atoms with Crippen molar-refractivity contribution in [3.8, 4) is 0 Å². The van der Waals surface area contributed by atoms with Crippen LogP contribution in [-0.2, 0) is 0 Å². The maximum Gasteiger partial charge on any atom is 0.293 e. The average molecular weight is 409 g/mol. The van der Waals surface area contributed by atoms with Crippen molar-refractivity contribution in [2.75, 3.05) is 42.9 Å². The number of fused-ring (bicyclic) bond motifs is 1. The molecule has 2 N–H and O–H groups in total. The Morgan fingerprint density at radius 1 is 1.23 bits per heavy atom. The van der Waals surface area contributed by atoms with Gasteiger partial charge in [0.2, 0.25) is 0 Å². The number of H-pyrrole nitrogens is 1. The van der Waals surface area contributed by atoms with E-state index in [9.17, 15) is 14.9 Å². The van der Waals surface area contributed by atoms with Crippen molar-refractivity contribution in [1.29, 1.82) is 0 Å². The molecule has 10 nitrogen and oxygen atoms in total. The Balaban J connectivity index is 1.42. The first-order valence-electron chi connectivity index (χ1n) is 9.82. The van der Waals surface area contributed by atoms with Gasteiger partial charge < -0.3 is 15.2 Å². The number of aromatic nitrogens is 3. The van der Waals surface area contributed by atoms with Gasteiger partial charge in [-0.25, -0.2) is 9.97 Å². The lowest BCUT2D eigenvalue weighted by atomic mass is 10.1. The van der Waals surface area contributed by atoms with Crippen LogP contribution in [-0.4, -0.2) is 63.5 Å². The van der Waals surface area contributed by atoms with Gasteiger partial charge in [0.1, 0.15) is 11.5 Å². The van der Waals surface area contributed by atoms with Gasteiger partial charge in [-0.2, -0.15) is 0 Å². The molecule has 0 radical (unpaired) electrons. The number of pyridine rings is 1. The van der Waals surface area contributed by atoms with E-state index in [0.29, 0.717) is 11.2 Å². The molecule has 3 aromatic rings. The highest BCUT2D eigenvalue weighted by molar-refractivity contribution is 5.86. The molecule has 1 fully saturated rings. The van der Waals surface area contributed by atoms with Crippen LogP contribution in [0.4, 0.5) is 17.2 Å². The number of piperazine rings is 1. The van der Waals surface area contributed by atoms with E-state index in [1.807, 2.05) is 25.1 Å². The number of benzene rings is 1. The van der Waals surface area contributed by atoms with Gasteiger partial charge in [0.15, 0.2) is 0 Å². The van der Waals surface area contributed by atoms with Gasteiger partial charge in [0.05, 0.1) is 22.2 Å². The third kappa shape index (κ3) is 4.23. The van der Waals surface area contributed by atoms with Crippen LogP contribution in [0.25, 0.3) is 10.9 Å². The number of aromatic amines is 1. The first-order valence-corrected chi connectivity index (χ1v) is 9.82. The molecule has 30 heavy (non-hydrogen) atoms. The largest absolute Gasteiger partial charge is 0.376 e. The van der Waals surface area contributed by atoms with Crippen molar-refractivity contribution in [2.24, 2.45) is 0 Å². The fourth-order valence-corrected chi connectivity index (χ4v) is 3.77. The number of nitrogens with one attached hydrogen (secondary N) is 2. The molecule has 0 bridgehead atoms. The smallest absolute Gasteiger partial charge is 0.293 e. The highest BCUT2D eigenvalue weighted by atomic mass is 16.6. The molecule has 1 aliphatic heterocycles. The van der Waals surface area contributed by atoms with E-state index in [2.05, 4.69) is 30.1 Å². The average Bonchev–Trinajstić information content (AvgIpc) is 2.74. The number of nitro benzene ring substituents is 1. The Labute approximate surface area is 172 Å². The maximum atomic E-state index is 11.9. The van der Waals surface area contributed by atoms with Crippen molar-refractivity contribution < 1.29 is 4.92 Å². The van der Waals surface area contributed by atoms with Crippen molar-refractivity contribution in [2.45, 2.75) is 13.0 Å². The molecule has 1 saturated heterocycles. The van der Waals surface area contributed by atoms with E-state index in [1.54, 1.807) is 12.3 Å². The Bertz CT molecular complexity index is 1090. The summed E-state index contributed by atoms with van der Waals surface area (Å²) in [5.74, 6) is 0.984. The van der Waals surface area contributed by atoms with Gasteiger partial charge >= 0.3 is 0 Å². The number of nitrogens with zero attached hydrogens (tertiary/aromatic N) is 5. The SMILES string of the molecule is CC(CN1CCN(c2ccccn2)CC1)Nc1cc2nc[nH]c(=O)c2cc1[N+](=O)[O-]. The molecule has 0 spiro atoms. The second kappa shape index (κ2) is 8.46. The predicted molar refractivity (Wildman–Crippen MR) is 115 cm³/mol. The topological polar surface area (TPSA) is 120 Å². The van der Waals surface area contributed by atoms with Gasteiger partial charge in [0, 0.05) is 51.0 Å². The van der Waals surface area contributed by atoms with E-state index in [1.165, 1.54) is 12.4 Å². The molecule has 156 valence electrons. The minimum Gasteiger partial charge on any atom is -0.376 e. The standard InChI is InChI=1S/C20H23N7O3/c1-14(12-25-6-8-26(9-7-25)19-4-2-3-5-21-19)24-17-11-16-15(10-18(17)27(29)30)20(28)23-13-22-16/h2-5,10-11,13-14,24H,6-9,12H2,1H3,(H,22,23,28). The van der Waals surface area contributed by atoms with Gasteiger partial charge in [-0.3, -0.25) is 19.8 Å². The summed E-state index contributed by atoms with van der Waals surface area (Å²) in [5, 5.41) is 15.0. The Morgan fingerprint density at radius 2 is 2.03 bits per heavy atom. The molecular weight excluding hydrogens is 386 g/mol. The van der Waals surface area contributed by atoms with E-state index in [0.717, 1.165) is 38.5 Å². The maximum absolute atomic E-state index is 11.9. The molecule has 0 saturated carbocycles. The van der Waals surface area contributed by atoms with Gasteiger partial charge in [-0.15, -0.1) is 0 Å². The highest BCUT2D eigenvalue weighted by Gasteiger charge is 2.22. The summed E-state index contributed by atoms with van der Waals surface area (Å²) in [6, 6.07) is 8.73. The van der Waals surface area contributed by atoms with Gasteiger partial charge in [-0.1, -0.05) is 6.07 Å². The van der Waals surface area contributed by atoms with Gasteiger partial charge in [0.25, 0.3) is 11.2 Å². The minimum atomic E-state index is -0.480. The summed E-state index contributed by atoms with van der Waals surface area (Å²) in [5.41, 5.74) is 0.259. The summed E-state index contributed by atoms with van der Waals surface area (Å²) in [7, 11) is 0. The second-order valence-corrected chi connectivity index (χ2v) is 7.40. The van der Waals surface area contributed by atoms with E-state index >= 15 is 0 Å². The quantitative estimate of drug-likeness (QED) is 0.467. The van der Waals surface area contributed by atoms with Crippen LogP contribution in [0.5, 0.6) is 0 Å². The highest BCUT2D eigenvalue weighted by Crippen LogP contribution is 2.28. The predicted octanol–water partition coefficient (Wildman–Crippen LogP) is 1.85. The van der Waals surface area contributed by atoms with Crippen LogP contribution in [0.3, 0.4) is 0 Å². The molecule has 1 aromatic carbocycles. The Morgan fingerprint density at radius 3 is 2.73 bits per heavy atom. The molecule has 10 heteroatoms. The number of rotatable bonds is 6. The van der Waals surface area contributed by atoms with E-state index in [4.69, 9.17) is 0 Å². The van der Waals surface area contributed by atoms with Crippen molar-refractivity contribution in [3.63, 3.8) is 0 Å². The zero-order valence-electron chi connectivity index (χ0n) is 16.6. The Kier molecular flexibility index (Phi) is 5.57. The molecule has 0 aliphatic carbocycles. The lowest BCUT2D eigenvalue weighted by Gasteiger charge is -2.36. The first kappa shape index (κ1) is 19.8. The van der Waals surface area contributed by atoms with E-state index in [-0.39, 0.29) is 17.1 Å². The number of hydrogen-bond donors (Lipinski definition) is 2. The summed E-state index contributed by atoms with van der Waals surface area (Å²) < 4.78 is 0. The van der Waals surface area contributed by atoms with Crippen molar-refractivity contribution in [3.05, 3.63) is 63.3 Å². The summed E-state index contributed by atoms with van der Waals surface area (Å²) in [6.07, 6.45) is 3.09. The third-order valence-electron chi connectivity index (χ3n) is 5.23. The van der Waals surface area contributed by atoms with Crippen molar-refractivity contribution in [1.82, 2.24) is 19.9 Å². The normalized spacial score (nSPS) is 15.8. The minimum absolute atomic E-state index is 0.0236. The van der Waals surface area contributed by atoms with Crippen LogP contribution in [0.1, 0.15) is 6.92 Å². The van der Waals surface area contributed by atoms with Crippen LogP contribution in [0, 0.1) is 10.1 Å². The molecule has 4 rings (SSSR count). The molecule has 3 heterocycles. The molecule has 0 amide bonds. The summed E-state index contributed by atoms with van der Waals surface area (Å²) in [4.78, 5) is 38.5. The fourth-order valence-electron chi connectivity index (χ4n) is 3.77. The van der Waals surface area contributed by atoms with Crippen molar-refractivity contribution >= 4 is 28.1 Å². The molecule has 1 aliphatic rings. The van der Waals surface area contributed by atoms with Gasteiger partial charge in [-0.05, 0) is 25.1 Å².